The largest absolute Gasteiger partial charge is 0.462 e. The number of carbonyl (C=O) groups is 2. The van der Waals surface area contributed by atoms with E-state index >= 15 is 0 Å². The fourth-order valence-electron chi connectivity index (χ4n) is 6.83. The SMILES string of the molecule is CCCCC/C=C/C=C/CCCCCCCCC(=O)OC(CCCCCCCCCC)CC(=O)NC(CO)C(O)CCCCCCCCCCCC. The molecule has 6 nitrogen and oxygen atoms in total. The van der Waals surface area contributed by atoms with Gasteiger partial charge in [-0.25, -0.2) is 0 Å². The Labute approximate surface area is 322 Å². The van der Waals surface area contributed by atoms with Crippen LogP contribution in [-0.2, 0) is 14.3 Å². The topological polar surface area (TPSA) is 95.9 Å². The van der Waals surface area contributed by atoms with E-state index in [9.17, 15) is 19.8 Å². The van der Waals surface area contributed by atoms with Gasteiger partial charge in [0.1, 0.15) is 6.10 Å². The molecule has 0 aromatic heterocycles. The second-order valence-corrected chi connectivity index (χ2v) is 15.5. The molecule has 306 valence electrons. The van der Waals surface area contributed by atoms with Gasteiger partial charge in [0.05, 0.1) is 25.2 Å². The van der Waals surface area contributed by atoms with Crippen molar-refractivity contribution in [2.45, 2.75) is 251 Å². The third-order valence-electron chi connectivity index (χ3n) is 10.3. The second-order valence-electron chi connectivity index (χ2n) is 15.5. The maximum Gasteiger partial charge on any atom is 0.306 e. The molecule has 6 heteroatoms. The first-order valence-corrected chi connectivity index (χ1v) is 22.6. The van der Waals surface area contributed by atoms with Crippen LogP contribution < -0.4 is 5.32 Å². The molecule has 1 amide bonds. The Morgan fingerprint density at radius 3 is 1.46 bits per heavy atom. The first-order valence-electron chi connectivity index (χ1n) is 22.6. The summed E-state index contributed by atoms with van der Waals surface area (Å²) < 4.78 is 5.88. The van der Waals surface area contributed by atoms with Gasteiger partial charge in [-0.3, -0.25) is 9.59 Å². The van der Waals surface area contributed by atoms with Crippen molar-refractivity contribution in [2.75, 3.05) is 6.61 Å². The van der Waals surface area contributed by atoms with Gasteiger partial charge in [-0.15, -0.1) is 0 Å². The summed E-state index contributed by atoms with van der Waals surface area (Å²) in [5.74, 6) is -0.485. The maximum atomic E-state index is 13.1. The molecule has 3 unspecified atom stereocenters. The van der Waals surface area contributed by atoms with Crippen molar-refractivity contribution >= 4 is 11.9 Å². The van der Waals surface area contributed by atoms with Crippen molar-refractivity contribution in [2.24, 2.45) is 0 Å². The molecule has 0 aliphatic carbocycles. The zero-order valence-electron chi connectivity index (χ0n) is 34.7. The summed E-state index contributed by atoms with van der Waals surface area (Å²) in [4.78, 5) is 25.9. The Morgan fingerprint density at radius 1 is 0.558 bits per heavy atom. The Morgan fingerprint density at radius 2 is 0.962 bits per heavy atom. The van der Waals surface area contributed by atoms with Crippen LogP contribution in [0.5, 0.6) is 0 Å². The molecule has 0 radical (unpaired) electrons. The van der Waals surface area contributed by atoms with E-state index in [0.29, 0.717) is 19.3 Å². The van der Waals surface area contributed by atoms with Crippen molar-refractivity contribution in [3.63, 3.8) is 0 Å². The molecular weight excluding hydrogens is 647 g/mol. The molecule has 0 fully saturated rings. The highest BCUT2D eigenvalue weighted by atomic mass is 16.5. The van der Waals surface area contributed by atoms with E-state index in [-0.39, 0.29) is 24.9 Å². The zero-order chi connectivity index (χ0) is 38.2. The number of amides is 1. The number of nitrogens with one attached hydrogen (secondary N) is 1. The predicted octanol–water partition coefficient (Wildman–Crippen LogP) is 12.8. The highest BCUT2D eigenvalue weighted by molar-refractivity contribution is 5.77. The van der Waals surface area contributed by atoms with Gasteiger partial charge in [0.25, 0.3) is 0 Å². The summed E-state index contributed by atoms with van der Waals surface area (Å²) in [7, 11) is 0. The Kier molecular flexibility index (Phi) is 39.2. The van der Waals surface area contributed by atoms with Crippen molar-refractivity contribution < 1.29 is 24.5 Å². The van der Waals surface area contributed by atoms with Crippen LogP contribution in [0.2, 0.25) is 0 Å². The molecule has 52 heavy (non-hydrogen) atoms. The maximum absolute atomic E-state index is 13.1. The molecule has 0 heterocycles. The lowest BCUT2D eigenvalue weighted by Crippen LogP contribution is -2.46. The van der Waals surface area contributed by atoms with Crippen LogP contribution in [0.4, 0.5) is 0 Å². The van der Waals surface area contributed by atoms with E-state index < -0.39 is 18.2 Å². The summed E-state index contributed by atoms with van der Waals surface area (Å²) in [5.41, 5.74) is 0. The first kappa shape index (κ1) is 50.3. The number of aliphatic hydroxyl groups excluding tert-OH is 2. The van der Waals surface area contributed by atoms with Gasteiger partial charge in [0.2, 0.25) is 5.91 Å². The molecule has 0 aromatic rings. The molecule has 0 spiro atoms. The minimum atomic E-state index is -0.782. The number of unbranched alkanes of at least 4 members (excludes halogenated alkanes) is 25. The van der Waals surface area contributed by atoms with Gasteiger partial charge in [0, 0.05) is 6.42 Å². The van der Waals surface area contributed by atoms with Crippen LogP contribution in [0.15, 0.2) is 24.3 Å². The van der Waals surface area contributed by atoms with E-state index in [0.717, 1.165) is 57.8 Å². The molecule has 3 N–H and O–H groups in total. The van der Waals surface area contributed by atoms with Gasteiger partial charge >= 0.3 is 5.97 Å². The number of allylic oxidation sites excluding steroid dienone is 4. The van der Waals surface area contributed by atoms with Crippen molar-refractivity contribution in [1.82, 2.24) is 5.32 Å². The Balaban J connectivity index is 4.50. The van der Waals surface area contributed by atoms with E-state index in [1.54, 1.807) is 0 Å². The number of hydrogen-bond donors (Lipinski definition) is 3. The van der Waals surface area contributed by atoms with Crippen LogP contribution in [0.25, 0.3) is 0 Å². The summed E-state index contributed by atoms with van der Waals surface area (Å²) in [6.07, 6.45) is 43.8. The number of esters is 1. The quantitative estimate of drug-likeness (QED) is 0.0331. The molecule has 3 atom stereocenters. The fraction of sp³-hybridized carbons (Fsp3) is 0.870. The molecule has 0 rings (SSSR count). The Bertz CT molecular complexity index is 828. The van der Waals surface area contributed by atoms with Gasteiger partial charge in [-0.2, -0.15) is 0 Å². The molecule has 0 aliphatic rings. The molecule has 0 bridgehead atoms. The summed E-state index contributed by atoms with van der Waals surface area (Å²) >= 11 is 0. The molecule has 0 saturated heterocycles. The van der Waals surface area contributed by atoms with Crippen molar-refractivity contribution in [1.29, 1.82) is 0 Å². The van der Waals surface area contributed by atoms with Gasteiger partial charge < -0.3 is 20.3 Å². The Hall–Kier alpha value is -1.66. The van der Waals surface area contributed by atoms with Gasteiger partial charge in [-0.05, 0) is 51.4 Å². The van der Waals surface area contributed by atoms with E-state index in [4.69, 9.17) is 4.74 Å². The fourth-order valence-corrected chi connectivity index (χ4v) is 6.83. The van der Waals surface area contributed by atoms with Gasteiger partial charge in [-0.1, -0.05) is 193 Å². The van der Waals surface area contributed by atoms with Crippen molar-refractivity contribution in [3.8, 4) is 0 Å². The molecule has 0 aromatic carbocycles. The summed E-state index contributed by atoms with van der Waals surface area (Å²) in [6.45, 7) is 6.41. The highest BCUT2D eigenvalue weighted by Crippen LogP contribution is 2.17. The zero-order valence-corrected chi connectivity index (χ0v) is 34.7. The monoisotopic (exact) mass is 734 g/mol. The van der Waals surface area contributed by atoms with Crippen LogP contribution in [0, 0.1) is 0 Å². The number of hydrogen-bond acceptors (Lipinski definition) is 5. The lowest BCUT2D eigenvalue weighted by Gasteiger charge is -2.24. The number of ether oxygens (including phenoxy) is 1. The van der Waals surface area contributed by atoms with Crippen LogP contribution in [0.1, 0.15) is 233 Å². The number of carbonyl (C=O) groups excluding carboxylic acids is 2. The first-order chi connectivity index (χ1) is 25.5. The van der Waals surface area contributed by atoms with Crippen LogP contribution >= 0.6 is 0 Å². The standard InChI is InChI=1S/C46H87NO5/c1-4-7-10-13-16-19-21-22-23-24-25-27-30-33-36-39-46(51)52-42(37-34-31-28-18-15-12-9-6-3)40-45(50)47-43(41-48)44(49)38-35-32-29-26-20-17-14-11-8-5-2/h16,19,21-22,42-44,48-49H,4-15,17-18,20,23-41H2,1-3H3,(H,47,50)/b19-16+,22-21+. The molecule has 0 saturated carbocycles. The summed E-state index contributed by atoms with van der Waals surface area (Å²) in [5, 5.41) is 23.5. The third-order valence-corrected chi connectivity index (χ3v) is 10.3. The van der Waals surface area contributed by atoms with E-state index in [1.807, 2.05) is 0 Å². The van der Waals surface area contributed by atoms with Crippen LogP contribution in [-0.4, -0.2) is 46.9 Å². The number of rotatable bonds is 40. The molecular formula is C46H87NO5. The number of aliphatic hydroxyl groups is 2. The second kappa shape index (κ2) is 40.5. The lowest BCUT2D eigenvalue weighted by molar-refractivity contribution is -0.151. The van der Waals surface area contributed by atoms with E-state index in [2.05, 4.69) is 50.4 Å². The lowest BCUT2D eigenvalue weighted by atomic mass is 10.0. The molecule has 0 aliphatic heterocycles. The predicted molar refractivity (Wildman–Crippen MR) is 223 cm³/mol. The average Bonchev–Trinajstić information content (AvgIpc) is 3.13. The smallest absolute Gasteiger partial charge is 0.306 e. The van der Waals surface area contributed by atoms with Crippen molar-refractivity contribution in [3.05, 3.63) is 24.3 Å². The summed E-state index contributed by atoms with van der Waals surface area (Å²) in [6, 6.07) is -0.696. The highest BCUT2D eigenvalue weighted by Gasteiger charge is 2.24. The average molecular weight is 734 g/mol. The third kappa shape index (κ3) is 35.4. The normalized spacial score (nSPS) is 13.6. The minimum Gasteiger partial charge on any atom is -0.462 e. The van der Waals surface area contributed by atoms with E-state index in [1.165, 1.54) is 128 Å². The van der Waals surface area contributed by atoms with Gasteiger partial charge in [0.15, 0.2) is 0 Å². The minimum absolute atomic E-state index is 0.0762. The van der Waals surface area contributed by atoms with Crippen LogP contribution in [0.3, 0.4) is 0 Å².